The highest BCUT2D eigenvalue weighted by Crippen LogP contribution is 2.31. The summed E-state index contributed by atoms with van der Waals surface area (Å²) in [7, 11) is 1.68. The smallest absolute Gasteiger partial charge is 0.307 e. The molecule has 0 aliphatic rings. The molecule has 4 rings (SSSR count). The van der Waals surface area contributed by atoms with E-state index in [2.05, 4.69) is 43.4 Å². The molecule has 0 saturated carbocycles. The summed E-state index contributed by atoms with van der Waals surface area (Å²) >= 11 is 1.74. The summed E-state index contributed by atoms with van der Waals surface area (Å²) < 4.78 is 5.25. The van der Waals surface area contributed by atoms with Gasteiger partial charge in [-0.2, -0.15) is 0 Å². The molecule has 4 aromatic rings. The number of nitrogens with zero attached hydrogens (tertiary/aromatic N) is 2. The first-order valence-electron chi connectivity index (χ1n) is 12.2. The number of rotatable bonds is 11. The monoisotopic (exact) mass is 501 g/mol. The van der Waals surface area contributed by atoms with Gasteiger partial charge in [0.15, 0.2) is 5.82 Å². The molecule has 2 aromatic carbocycles. The number of benzene rings is 2. The fraction of sp³-hybridized carbons (Fsp3) is 0.276. The van der Waals surface area contributed by atoms with E-state index in [1.807, 2.05) is 36.4 Å². The van der Waals surface area contributed by atoms with E-state index in [1.165, 1.54) is 10.4 Å². The molecule has 0 fully saturated rings. The van der Waals surface area contributed by atoms with Crippen molar-refractivity contribution in [2.45, 2.75) is 46.0 Å². The van der Waals surface area contributed by atoms with Crippen molar-refractivity contribution >= 4 is 28.8 Å². The average molecular weight is 502 g/mol. The molecule has 0 spiro atoms. The number of methoxy groups -OCH3 is 1. The third kappa shape index (κ3) is 6.29. The van der Waals surface area contributed by atoms with Crippen molar-refractivity contribution in [1.29, 1.82) is 0 Å². The SMILES string of the molecule is CCc1nc(-c2ccc(CCc3ccc(OC)cc3)s2)nc(Nc2ccc(CC(=O)O)cc2)c1CC. The molecule has 186 valence electrons. The minimum absolute atomic E-state index is 0.0112. The van der Waals surface area contributed by atoms with Crippen molar-refractivity contribution in [3.8, 4) is 16.5 Å². The van der Waals surface area contributed by atoms with Crippen molar-refractivity contribution in [3.05, 3.63) is 87.9 Å². The van der Waals surface area contributed by atoms with Gasteiger partial charge in [0.05, 0.1) is 18.4 Å². The molecule has 0 bridgehead atoms. The molecule has 2 N–H and O–H groups in total. The number of carboxylic acids is 1. The molecule has 7 heteroatoms. The van der Waals surface area contributed by atoms with E-state index in [4.69, 9.17) is 19.8 Å². The number of carboxylic acid groups (broad SMARTS) is 1. The number of hydrogen-bond acceptors (Lipinski definition) is 6. The third-order valence-corrected chi connectivity index (χ3v) is 7.20. The van der Waals surface area contributed by atoms with Crippen molar-refractivity contribution in [1.82, 2.24) is 9.97 Å². The van der Waals surface area contributed by atoms with Gasteiger partial charge in [0, 0.05) is 21.8 Å². The van der Waals surface area contributed by atoms with Crippen LogP contribution >= 0.6 is 11.3 Å². The van der Waals surface area contributed by atoms with Crippen LogP contribution in [0, 0.1) is 0 Å². The highest BCUT2D eigenvalue weighted by atomic mass is 32.1. The average Bonchev–Trinajstić information content (AvgIpc) is 3.37. The van der Waals surface area contributed by atoms with Crippen LogP contribution in [0.5, 0.6) is 5.75 Å². The van der Waals surface area contributed by atoms with Gasteiger partial charge in [-0.05, 0) is 73.2 Å². The predicted octanol–water partition coefficient (Wildman–Crippen LogP) is 6.49. The first-order valence-corrected chi connectivity index (χ1v) is 13.0. The molecular weight excluding hydrogens is 470 g/mol. The van der Waals surface area contributed by atoms with Crippen LogP contribution in [0.4, 0.5) is 11.5 Å². The maximum atomic E-state index is 11.0. The lowest BCUT2D eigenvalue weighted by Gasteiger charge is -2.15. The van der Waals surface area contributed by atoms with Crippen LogP contribution in [0.25, 0.3) is 10.7 Å². The quantitative estimate of drug-likeness (QED) is 0.244. The van der Waals surface area contributed by atoms with Crippen LogP contribution in [-0.2, 0) is 36.9 Å². The van der Waals surface area contributed by atoms with Gasteiger partial charge in [0.1, 0.15) is 11.6 Å². The number of aromatic nitrogens is 2. The van der Waals surface area contributed by atoms with Crippen LogP contribution in [0.15, 0.2) is 60.7 Å². The Morgan fingerprint density at radius 1 is 0.917 bits per heavy atom. The van der Waals surface area contributed by atoms with Gasteiger partial charge in [-0.25, -0.2) is 9.97 Å². The normalized spacial score (nSPS) is 10.9. The molecule has 2 heterocycles. The van der Waals surface area contributed by atoms with Crippen LogP contribution in [0.1, 0.15) is 41.1 Å². The minimum Gasteiger partial charge on any atom is -0.497 e. The molecule has 0 amide bonds. The summed E-state index contributed by atoms with van der Waals surface area (Å²) in [6, 6.07) is 20.0. The zero-order chi connectivity index (χ0) is 25.5. The lowest BCUT2D eigenvalue weighted by atomic mass is 10.1. The number of anilines is 2. The molecule has 0 aliphatic carbocycles. The van der Waals surface area contributed by atoms with Crippen LogP contribution in [0.3, 0.4) is 0 Å². The summed E-state index contributed by atoms with van der Waals surface area (Å²) in [5.74, 6) is 1.57. The zero-order valence-electron chi connectivity index (χ0n) is 20.9. The molecule has 0 radical (unpaired) electrons. The van der Waals surface area contributed by atoms with Crippen molar-refractivity contribution < 1.29 is 14.6 Å². The molecule has 2 aromatic heterocycles. The first kappa shape index (κ1) is 25.4. The number of aliphatic carboxylic acids is 1. The summed E-state index contributed by atoms with van der Waals surface area (Å²) in [6.07, 6.45) is 3.57. The van der Waals surface area contributed by atoms with Gasteiger partial charge < -0.3 is 15.2 Å². The van der Waals surface area contributed by atoms with E-state index in [1.54, 1.807) is 18.4 Å². The van der Waals surface area contributed by atoms with Crippen molar-refractivity contribution in [3.63, 3.8) is 0 Å². The lowest BCUT2D eigenvalue weighted by molar-refractivity contribution is -0.136. The third-order valence-electron chi connectivity index (χ3n) is 6.05. The first-order chi connectivity index (χ1) is 17.5. The number of ether oxygens (including phenoxy) is 1. The summed E-state index contributed by atoms with van der Waals surface area (Å²) in [4.78, 5) is 23.2. The van der Waals surface area contributed by atoms with E-state index in [-0.39, 0.29) is 6.42 Å². The van der Waals surface area contributed by atoms with Crippen LogP contribution in [0.2, 0.25) is 0 Å². The Kier molecular flexibility index (Phi) is 8.33. The van der Waals surface area contributed by atoms with Crippen LogP contribution in [-0.4, -0.2) is 28.2 Å². The van der Waals surface area contributed by atoms with Gasteiger partial charge in [-0.3, -0.25) is 4.79 Å². The second-order valence-corrected chi connectivity index (χ2v) is 9.70. The Morgan fingerprint density at radius 2 is 1.64 bits per heavy atom. The topological polar surface area (TPSA) is 84.3 Å². The van der Waals surface area contributed by atoms with Gasteiger partial charge in [0.25, 0.3) is 0 Å². The molecule has 0 aliphatic heterocycles. The van der Waals surface area contributed by atoms with Gasteiger partial charge in [-0.1, -0.05) is 38.1 Å². The van der Waals surface area contributed by atoms with E-state index < -0.39 is 5.97 Å². The Labute approximate surface area is 216 Å². The molecule has 0 atom stereocenters. The summed E-state index contributed by atoms with van der Waals surface area (Å²) in [6.45, 7) is 4.23. The number of nitrogens with one attached hydrogen (secondary N) is 1. The zero-order valence-corrected chi connectivity index (χ0v) is 21.7. The van der Waals surface area contributed by atoms with E-state index in [0.29, 0.717) is 0 Å². The van der Waals surface area contributed by atoms with Gasteiger partial charge in [0.2, 0.25) is 0 Å². The van der Waals surface area contributed by atoms with Gasteiger partial charge in [-0.15, -0.1) is 11.3 Å². The molecular formula is C29H31N3O3S. The minimum atomic E-state index is -0.837. The Bertz CT molecular complexity index is 1310. The Morgan fingerprint density at radius 3 is 2.28 bits per heavy atom. The van der Waals surface area contributed by atoms with Crippen LogP contribution < -0.4 is 10.1 Å². The highest BCUT2D eigenvalue weighted by molar-refractivity contribution is 7.15. The number of hydrogen-bond donors (Lipinski definition) is 2. The number of thiophene rings is 1. The molecule has 0 saturated heterocycles. The Hall–Kier alpha value is -3.71. The predicted molar refractivity (Wildman–Crippen MR) is 146 cm³/mol. The molecule has 6 nitrogen and oxygen atoms in total. The van der Waals surface area contributed by atoms with E-state index in [9.17, 15) is 4.79 Å². The number of aryl methyl sites for hydroxylation is 3. The molecule has 36 heavy (non-hydrogen) atoms. The van der Waals surface area contributed by atoms with Crippen molar-refractivity contribution in [2.75, 3.05) is 12.4 Å². The fourth-order valence-corrected chi connectivity index (χ4v) is 5.06. The summed E-state index contributed by atoms with van der Waals surface area (Å²) in [5.41, 5.74) is 5.07. The van der Waals surface area contributed by atoms with Crippen molar-refractivity contribution in [2.24, 2.45) is 0 Å². The highest BCUT2D eigenvalue weighted by Gasteiger charge is 2.15. The maximum absolute atomic E-state index is 11.0. The van der Waals surface area contributed by atoms with E-state index in [0.717, 1.165) is 70.5 Å². The lowest BCUT2D eigenvalue weighted by Crippen LogP contribution is -2.07. The molecule has 0 unspecified atom stereocenters. The standard InChI is InChI=1S/C29H31N3O3S/c1-4-24-25(5-2)31-29(32-28(24)30-21-11-6-20(7-12-21)18-27(33)34)26-17-16-23(36-26)15-10-19-8-13-22(35-3)14-9-19/h6-9,11-14,16-17H,4-5,10,15,18H2,1-3H3,(H,33,34)(H,30,31,32). The Balaban J connectivity index is 1.54. The summed E-state index contributed by atoms with van der Waals surface area (Å²) in [5, 5.41) is 12.5. The second-order valence-electron chi connectivity index (χ2n) is 8.53. The number of carbonyl (C=O) groups is 1. The second kappa shape index (κ2) is 11.8. The largest absolute Gasteiger partial charge is 0.497 e. The fourth-order valence-electron chi connectivity index (χ4n) is 4.12. The maximum Gasteiger partial charge on any atom is 0.307 e. The van der Waals surface area contributed by atoms with E-state index >= 15 is 0 Å². The van der Waals surface area contributed by atoms with Gasteiger partial charge >= 0.3 is 5.97 Å².